The van der Waals surface area contributed by atoms with Crippen LogP contribution in [0.5, 0.6) is 0 Å². The number of nitrogens with zero attached hydrogens (tertiary/aromatic N) is 2. The number of carbonyl (C=O) groups is 2. The number of amides is 2. The Balaban J connectivity index is 2.00. The highest BCUT2D eigenvalue weighted by Gasteiger charge is 2.37. The molecule has 0 spiro atoms. The number of benzene rings is 2. The summed E-state index contributed by atoms with van der Waals surface area (Å²) in [5, 5.41) is 3.44. The molecule has 0 radical (unpaired) electrons. The monoisotopic (exact) mass is 427 g/mol. The predicted octanol–water partition coefficient (Wildman–Crippen LogP) is 3.99. The maximum absolute atomic E-state index is 13.0. The van der Waals surface area contributed by atoms with Gasteiger partial charge in [0.1, 0.15) is 0 Å². The van der Waals surface area contributed by atoms with E-state index in [-0.39, 0.29) is 12.6 Å². The van der Waals surface area contributed by atoms with Crippen molar-refractivity contribution in [2.75, 3.05) is 27.2 Å². The molecular formula is C23H26ClN3O3. The van der Waals surface area contributed by atoms with E-state index in [1.165, 1.54) is 4.90 Å². The van der Waals surface area contributed by atoms with Crippen molar-refractivity contribution in [3.8, 4) is 0 Å². The lowest BCUT2D eigenvalue weighted by Gasteiger charge is -2.36. The number of urea groups is 1. The first-order valence-electron chi connectivity index (χ1n) is 9.83. The average Bonchev–Trinajstić information content (AvgIpc) is 2.72. The lowest BCUT2D eigenvalue weighted by atomic mass is 9.94. The molecule has 7 heteroatoms. The van der Waals surface area contributed by atoms with Crippen molar-refractivity contribution in [1.82, 2.24) is 15.1 Å². The molecule has 0 saturated carbocycles. The van der Waals surface area contributed by atoms with Crippen molar-refractivity contribution < 1.29 is 14.3 Å². The van der Waals surface area contributed by atoms with Gasteiger partial charge in [0.05, 0.1) is 18.2 Å². The van der Waals surface area contributed by atoms with Gasteiger partial charge in [0.15, 0.2) is 0 Å². The van der Waals surface area contributed by atoms with Crippen LogP contribution < -0.4 is 5.32 Å². The summed E-state index contributed by atoms with van der Waals surface area (Å²) in [6, 6.07) is 16.3. The van der Waals surface area contributed by atoms with Gasteiger partial charge >= 0.3 is 12.0 Å². The normalized spacial score (nSPS) is 16.6. The standard InChI is InChI=1S/C23H26ClN3O3/c1-4-30-22(28)20-19(15-26(2)14-16-9-6-5-7-10-16)27(3)23(29)25-21(20)17-11-8-12-18(24)13-17/h5-13,21H,4,14-15H2,1-3H3,(H,25,29). The summed E-state index contributed by atoms with van der Waals surface area (Å²) in [5.74, 6) is -0.447. The van der Waals surface area contributed by atoms with E-state index in [0.29, 0.717) is 29.4 Å². The highest BCUT2D eigenvalue weighted by atomic mass is 35.5. The Morgan fingerprint density at radius 1 is 1.17 bits per heavy atom. The lowest BCUT2D eigenvalue weighted by Crippen LogP contribution is -2.49. The number of nitrogens with one attached hydrogen (secondary N) is 1. The van der Waals surface area contributed by atoms with Gasteiger partial charge in [-0.1, -0.05) is 54.1 Å². The molecule has 6 nitrogen and oxygen atoms in total. The van der Waals surface area contributed by atoms with Crippen LogP contribution in [0.15, 0.2) is 65.9 Å². The largest absolute Gasteiger partial charge is 0.463 e. The minimum atomic E-state index is -0.633. The van der Waals surface area contributed by atoms with E-state index in [9.17, 15) is 9.59 Å². The van der Waals surface area contributed by atoms with Crippen LogP contribution in [0.4, 0.5) is 4.79 Å². The molecule has 1 atom stereocenters. The fourth-order valence-corrected chi connectivity index (χ4v) is 3.74. The van der Waals surface area contributed by atoms with Crippen molar-refractivity contribution in [3.63, 3.8) is 0 Å². The highest BCUT2D eigenvalue weighted by Crippen LogP contribution is 2.32. The summed E-state index contributed by atoms with van der Waals surface area (Å²) in [4.78, 5) is 29.2. The first-order valence-corrected chi connectivity index (χ1v) is 10.2. The van der Waals surface area contributed by atoms with Gasteiger partial charge in [0, 0.05) is 30.9 Å². The molecule has 30 heavy (non-hydrogen) atoms. The molecule has 0 aromatic heterocycles. The van der Waals surface area contributed by atoms with Gasteiger partial charge < -0.3 is 10.1 Å². The third-order valence-corrected chi connectivity index (χ3v) is 5.20. The van der Waals surface area contributed by atoms with Gasteiger partial charge in [0.25, 0.3) is 0 Å². The Morgan fingerprint density at radius 2 is 1.90 bits per heavy atom. The van der Waals surface area contributed by atoms with Crippen molar-refractivity contribution >= 4 is 23.6 Å². The van der Waals surface area contributed by atoms with Crippen LogP contribution in [0.2, 0.25) is 5.02 Å². The number of esters is 1. The van der Waals surface area contributed by atoms with Crippen LogP contribution in [0.3, 0.4) is 0 Å². The van der Waals surface area contributed by atoms with Gasteiger partial charge in [-0.15, -0.1) is 0 Å². The zero-order valence-corrected chi connectivity index (χ0v) is 18.1. The molecule has 1 aliphatic heterocycles. The Bertz CT molecular complexity index is 946. The molecule has 2 aromatic carbocycles. The minimum Gasteiger partial charge on any atom is -0.463 e. The SMILES string of the molecule is CCOC(=O)C1=C(CN(C)Cc2ccccc2)N(C)C(=O)NC1c1cccc(Cl)c1. The first kappa shape index (κ1) is 21.9. The number of hydrogen-bond donors (Lipinski definition) is 1. The predicted molar refractivity (Wildman–Crippen MR) is 117 cm³/mol. The van der Waals surface area contributed by atoms with E-state index < -0.39 is 12.0 Å². The fourth-order valence-electron chi connectivity index (χ4n) is 3.54. The maximum atomic E-state index is 13.0. The van der Waals surface area contributed by atoms with E-state index in [1.54, 1.807) is 32.2 Å². The summed E-state index contributed by atoms with van der Waals surface area (Å²) in [5.41, 5.74) is 2.91. The second-order valence-electron chi connectivity index (χ2n) is 7.24. The third-order valence-electron chi connectivity index (χ3n) is 4.97. The summed E-state index contributed by atoms with van der Waals surface area (Å²) in [6.07, 6.45) is 0. The molecule has 1 heterocycles. The molecule has 3 rings (SSSR count). The number of likely N-dealkylation sites (N-methyl/N-ethyl adjacent to an activating group) is 2. The highest BCUT2D eigenvalue weighted by molar-refractivity contribution is 6.30. The van der Waals surface area contributed by atoms with Crippen molar-refractivity contribution in [2.24, 2.45) is 0 Å². The fraction of sp³-hybridized carbons (Fsp3) is 0.304. The number of halogens is 1. The summed E-state index contributed by atoms with van der Waals surface area (Å²) < 4.78 is 5.35. The van der Waals surface area contributed by atoms with Gasteiger partial charge in [-0.25, -0.2) is 9.59 Å². The Labute approximate surface area is 182 Å². The van der Waals surface area contributed by atoms with E-state index in [4.69, 9.17) is 16.3 Å². The van der Waals surface area contributed by atoms with Gasteiger partial charge in [0.2, 0.25) is 0 Å². The zero-order chi connectivity index (χ0) is 21.7. The van der Waals surface area contributed by atoms with E-state index >= 15 is 0 Å². The third kappa shape index (κ3) is 5.01. The average molecular weight is 428 g/mol. The van der Waals surface area contributed by atoms with Crippen LogP contribution in [-0.2, 0) is 16.1 Å². The Hall–Kier alpha value is -2.83. The van der Waals surface area contributed by atoms with Crippen LogP contribution in [0.25, 0.3) is 0 Å². The minimum absolute atomic E-state index is 0.245. The van der Waals surface area contributed by atoms with Crippen LogP contribution >= 0.6 is 11.6 Å². The van der Waals surface area contributed by atoms with Crippen LogP contribution in [0, 0.1) is 0 Å². The smallest absolute Gasteiger partial charge is 0.338 e. The molecule has 2 aromatic rings. The van der Waals surface area contributed by atoms with Crippen LogP contribution in [-0.4, -0.2) is 49.0 Å². The molecule has 0 saturated heterocycles. The number of carbonyl (C=O) groups excluding carboxylic acids is 2. The van der Waals surface area contributed by atoms with Crippen molar-refractivity contribution in [1.29, 1.82) is 0 Å². The van der Waals surface area contributed by atoms with Gasteiger partial charge in [-0.3, -0.25) is 9.80 Å². The number of hydrogen-bond acceptors (Lipinski definition) is 4. The molecule has 1 unspecified atom stereocenters. The topological polar surface area (TPSA) is 61.9 Å². The molecule has 0 bridgehead atoms. The van der Waals surface area contributed by atoms with E-state index in [1.807, 2.05) is 43.4 Å². The molecule has 1 aliphatic rings. The van der Waals surface area contributed by atoms with Crippen molar-refractivity contribution in [3.05, 3.63) is 82.0 Å². The second kappa shape index (κ2) is 9.78. The zero-order valence-electron chi connectivity index (χ0n) is 17.4. The Kier molecular flexibility index (Phi) is 7.13. The van der Waals surface area contributed by atoms with E-state index in [0.717, 1.165) is 11.1 Å². The number of rotatable bonds is 7. The second-order valence-corrected chi connectivity index (χ2v) is 7.67. The summed E-state index contributed by atoms with van der Waals surface area (Å²) in [7, 11) is 3.62. The lowest BCUT2D eigenvalue weighted by molar-refractivity contribution is -0.139. The molecule has 1 N–H and O–H groups in total. The molecule has 0 aliphatic carbocycles. The molecular weight excluding hydrogens is 402 g/mol. The molecule has 0 fully saturated rings. The number of ether oxygens (including phenoxy) is 1. The first-order chi connectivity index (χ1) is 14.4. The molecule has 158 valence electrons. The molecule has 2 amide bonds. The van der Waals surface area contributed by atoms with Crippen molar-refractivity contribution in [2.45, 2.75) is 19.5 Å². The maximum Gasteiger partial charge on any atom is 0.338 e. The Morgan fingerprint density at radius 3 is 2.57 bits per heavy atom. The summed E-state index contributed by atoms with van der Waals surface area (Å²) >= 11 is 6.16. The van der Waals surface area contributed by atoms with E-state index in [2.05, 4.69) is 10.2 Å². The van der Waals surface area contributed by atoms with Gasteiger partial charge in [-0.2, -0.15) is 0 Å². The van der Waals surface area contributed by atoms with Crippen LogP contribution in [0.1, 0.15) is 24.1 Å². The quantitative estimate of drug-likeness (QED) is 0.679. The summed E-state index contributed by atoms with van der Waals surface area (Å²) in [6.45, 7) is 3.09. The van der Waals surface area contributed by atoms with Gasteiger partial charge in [-0.05, 0) is 37.2 Å².